The molecular formula is C14H16FN3. The van der Waals surface area contributed by atoms with Gasteiger partial charge in [-0.25, -0.2) is 9.07 Å². The van der Waals surface area contributed by atoms with Crippen molar-refractivity contribution in [3.8, 4) is 5.69 Å². The molecule has 0 radical (unpaired) electrons. The minimum absolute atomic E-state index is 0.230. The summed E-state index contributed by atoms with van der Waals surface area (Å²) in [6.07, 6.45) is 6.22. The monoisotopic (exact) mass is 245 g/mol. The molecule has 0 amide bonds. The molecule has 94 valence electrons. The van der Waals surface area contributed by atoms with Gasteiger partial charge in [0.05, 0.1) is 11.9 Å². The number of benzene rings is 1. The van der Waals surface area contributed by atoms with Crippen LogP contribution in [-0.4, -0.2) is 22.9 Å². The summed E-state index contributed by atoms with van der Waals surface area (Å²) in [7, 11) is 0. The highest BCUT2D eigenvalue weighted by atomic mass is 19.1. The van der Waals surface area contributed by atoms with E-state index in [9.17, 15) is 4.39 Å². The van der Waals surface area contributed by atoms with E-state index in [0.717, 1.165) is 31.6 Å². The summed E-state index contributed by atoms with van der Waals surface area (Å²) in [5, 5.41) is 7.69. The maximum Gasteiger partial charge on any atom is 0.125 e. The molecule has 0 unspecified atom stereocenters. The van der Waals surface area contributed by atoms with Gasteiger partial charge in [-0.1, -0.05) is 6.07 Å². The zero-order valence-corrected chi connectivity index (χ0v) is 10.1. The van der Waals surface area contributed by atoms with Crippen LogP contribution in [0.1, 0.15) is 24.3 Å². The fraction of sp³-hybridized carbons (Fsp3) is 0.357. The fourth-order valence-corrected chi connectivity index (χ4v) is 2.46. The summed E-state index contributed by atoms with van der Waals surface area (Å²) in [6, 6.07) is 6.51. The average molecular weight is 245 g/mol. The van der Waals surface area contributed by atoms with Gasteiger partial charge < -0.3 is 5.32 Å². The first-order valence-electron chi connectivity index (χ1n) is 6.34. The second-order valence-electron chi connectivity index (χ2n) is 4.72. The molecule has 1 N–H and O–H groups in total. The number of aromatic nitrogens is 2. The zero-order valence-electron chi connectivity index (χ0n) is 10.1. The van der Waals surface area contributed by atoms with Crippen molar-refractivity contribution >= 4 is 0 Å². The van der Waals surface area contributed by atoms with Gasteiger partial charge in [-0.2, -0.15) is 5.10 Å². The molecule has 1 aliphatic heterocycles. The molecule has 0 saturated carbocycles. The predicted octanol–water partition coefficient (Wildman–Crippen LogP) is 2.48. The lowest BCUT2D eigenvalue weighted by Gasteiger charge is -2.21. The Morgan fingerprint density at radius 3 is 2.89 bits per heavy atom. The molecule has 3 nitrogen and oxygen atoms in total. The van der Waals surface area contributed by atoms with Crippen molar-refractivity contribution in [1.82, 2.24) is 15.1 Å². The molecule has 1 fully saturated rings. The van der Waals surface area contributed by atoms with Gasteiger partial charge in [0.1, 0.15) is 5.82 Å². The number of nitrogens with zero attached hydrogens (tertiary/aromatic N) is 2. The van der Waals surface area contributed by atoms with Crippen LogP contribution in [0.25, 0.3) is 5.69 Å². The predicted molar refractivity (Wildman–Crippen MR) is 68.4 cm³/mol. The Kier molecular flexibility index (Phi) is 3.11. The highest BCUT2D eigenvalue weighted by molar-refractivity contribution is 5.32. The molecule has 0 aliphatic carbocycles. The summed E-state index contributed by atoms with van der Waals surface area (Å²) in [4.78, 5) is 0. The van der Waals surface area contributed by atoms with Gasteiger partial charge in [0, 0.05) is 6.20 Å². The highest BCUT2D eigenvalue weighted by Gasteiger charge is 2.16. The van der Waals surface area contributed by atoms with E-state index >= 15 is 0 Å². The molecule has 1 aliphatic rings. The van der Waals surface area contributed by atoms with Crippen LogP contribution in [0, 0.1) is 5.82 Å². The SMILES string of the molecule is Fc1cccc(-n2cc(C3CCNCC3)cn2)c1. The Morgan fingerprint density at radius 1 is 1.28 bits per heavy atom. The third-order valence-electron chi connectivity index (χ3n) is 3.49. The van der Waals surface area contributed by atoms with Crippen molar-refractivity contribution in [1.29, 1.82) is 0 Å². The number of nitrogens with one attached hydrogen (secondary N) is 1. The lowest BCUT2D eigenvalue weighted by atomic mass is 9.93. The number of piperidine rings is 1. The number of hydrogen-bond acceptors (Lipinski definition) is 2. The topological polar surface area (TPSA) is 29.9 Å². The summed E-state index contributed by atoms with van der Waals surface area (Å²) >= 11 is 0. The van der Waals surface area contributed by atoms with Gasteiger partial charge in [0.2, 0.25) is 0 Å². The largest absolute Gasteiger partial charge is 0.317 e. The Morgan fingerprint density at radius 2 is 2.11 bits per heavy atom. The summed E-state index contributed by atoms with van der Waals surface area (Å²) < 4.78 is 14.9. The fourth-order valence-electron chi connectivity index (χ4n) is 2.46. The first kappa shape index (κ1) is 11.4. The Labute approximate surface area is 106 Å². The molecule has 1 aromatic heterocycles. The second kappa shape index (κ2) is 4.90. The lowest BCUT2D eigenvalue weighted by Crippen LogP contribution is -2.26. The van der Waals surface area contributed by atoms with Crippen molar-refractivity contribution in [2.45, 2.75) is 18.8 Å². The van der Waals surface area contributed by atoms with Crippen LogP contribution < -0.4 is 5.32 Å². The van der Waals surface area contributed by atoms with Crippen molar-refractivity contribution in [3.63, 3.8) is 0 Å². The first-order valence-corrected chi connectivity index (χ1v) is 6.34. The van der Waals surface area contributed by atoms with Crippen molar-refractivity contribution in [3.05, 3.63) is 48.0 Å². The number of rotatable bonds is 2. The average Bonchev–Trinajstić information content (AvgIpc) is 2.89. The van der Waals surface area contributed by atoms with Crippen molar-refractivity contribution in [2.24, 2.45) is 0 Å². The number of hydrogen-bond donors (Lipinski definition) is 1. The summed E-state index contributed by atoms with van der Waals surface area (Å²) in [5.74, 6) is 0.347. The standard InChI is InChI=1S/C14H16FN3/c15-13-2-1-3-14(8-13)18-10-12(9-17-18)11-4-6-16-7-5-11/h1-3,8-11,16H,4-7H2. The van der Waals surface area contributed by atoms with E-state index in [4.69, 9.17) is 0 Å². The van der Waals surface area contributed by atoms with Crippen LogP contribution in [0.15, 0.2) is 36.7 Å². The van der Waals surface area contributed by atoms with Gasteiger partial charge in [-0.15, -0.1) is 0 Å². The van der Waals surface area contributed by atoms with E-state index in [1.165, 1.54) is 17.7 Å². The molecule has 0 bridgehead atoms. The van der Waals surface area contributed by atoms with Crippen LogP contribution in [0.4, 0.5) is 4.39 Å². The Balaban J connectivity index is 1.84. The van der Waals surface area contributed by atoms with Crippen LogP contribution >= 0.6 is 0 Å². The molecule has 4 heteroatoms. The third kappa shape index (κ3) is 2.29. The van der Waals surface area contributed by atoms with Crippen LogP contribution in [-0.2, 0) is 0 Å². The van der Waals surface area contributed by atoms with E-state index in [-0.39, 0.29) is 5.82 Å². The Bertz CT molecular complexity index is 529. The van der Waals surface area contributed by atoms with E-state index in [1.54, 1.807) is 10.7 Å². The van der Waals surface area contributed by atoms with E-state index in [0.29, 0.717) is 5.92 Å². The highest BCUT2D eigenvalue weighted by Crippen LogP contribution is 2.25. The van der Waals surface area contributed by atoms with Crippen LogP contribution in [0.3, 0.4) is 0 Å². The first-order chi connectivity index (χ1) is 8.83. The van der Waals surface area contributed by atoms with Crippen LogP contribution in [0.2, 0.25) is 0 Å². The maximum atomic E-state index is 13.2. The summed E-state index contributed by atoms with van der Waals surface area (Å²) in [6.45, 7) is 2.13. The number of halogens is 1. The lowest BCUT2D eigenvalue weighted by molar-refractivity contribution is 0.460. The Hall–Kier alpha value is -1.68. The molecule has 0 atom stereocenters. The molecule has 18 heavy (non-hydrogen) atoms. The van der Waals surface area contributed by atoms with Crippen molar-refractivity contribution < 1.29 is 4.39 Å². The van der Waals surface area contributed by atoms with Gasteiger partial charge in [0.15, 0.2) is 0 Å². The van der Waals surface area contributed by atoms with E-state index in [2.05, 4.69) is 10.4 Å². The van der Waals surface area contributed by atoms with Crippen molar-refractivity contribution in [2.75, 3.05) is 13.1 Å². The van der Waals surface area contributed by atoms with Gasteiger partial charge in [0.25, 0.3) is 0 Å². The molecule has 0 spiro atoms. The molecule has 3 rings (SSSR count). The molecule has 1 aromatic carbocycles. The smallest absolute Gasteiger partial charge is 0.125 e. The third-order valence-corrected chi connectivity index (χ3v) is 3.49. The maximum absolute atomic E-state index is 13.2. The zero-order chi connectivity index (χ0) is 12.4. The molecule has 2 heterocycles. The van der Waals surface area contributed by atoms with Gasteiger partial charge >= 0.3 is 0 Å². The molecule has 1 saturated heterocycles. The second-order valence-corrected chi connectivity index (χ2v) is 4.72. The van der Waals surface area contributed by atoms with E-state index < -0.39 is 0 Å². The molecular weight excluding hydrogens is 229 g/mol. The minimum Gasteiger partial charge on any atom is -0.317 e. The quantitative estimate of drug-likeness (QED) is 0.881. The van der Waals surface area contributed by atoms with E-state index in [1.807, 2.05) is 18.5 Å². The summed E-state index contributed by atoms with van der Waals surface area (Å²) in [5.41, 5.74) is 2.02. The molecule has 2 aromatic rings. The van der Waals surface area contributed by atoms with Crippen LogP contribution in [0.5, 0.6) is 0 Å². The van der Waals surface area contributed by atoms with Gasteiger partial charge in [-0.3, -0.25) is 0 Å². The minimum atomic E-state index is -0.230. The normalized spacial score (nSPS) is 16.9. The van der Waals surface area contributed by atoms with Gasteiger partial charge in [-0.05, 0) is 55.6 Å².